The second-order valence-corrected chi connectivity index (χ2v) is 4.13. The van der Waals surface area contributed by atoms with Crippen LogP contribution in [0.3, 0.4) is 0 Å². The summed E-state index contributed by atoms with van der Waals surface area (Å²) in [4.78, 5) is 7.82. The van der Waals surface area contributed by atoms with Gasteiger partial charge in [-0.3, -0.25) is 0 Å². The van der Waals surface area contributed by atoms with Gasteiger partial charge in [0.05, 0.1) is 0 Å². The number of anilines is 2. The number of halogens is 1. The van der Waals surface area contributed by atoms with Crippen LogP contribution in [0.25, 0.3) is 0 Å². The number of hydrogen-bond donors (Lipinski definition) is 1. The maximum atomic E-state index is 8.89. The Hall–Kier alpha value is -2.63. The molecule has 0 aliphatic heterocycles. The fourth-order valence-corrected chi connectivity index (χ4v) is 1.60. The molecule has 0 saturated heterocycles. The SMILES string of the molecule is Cc1ccc(Nc2nc(C#N)c(C#N)nc2Cl)cc1. The summed E-state index contributed by atoms with van der Waals surface area (Å²) in [5, 5.41) is 20.7. The number of nitrogens with zero attached hydrogens (tertiary/aromatic N) is 4. The van der Waals surface area contributed by atoms with E-state index in [1.807, 2.05) is 37.3 Å². The fourth-order valence-electron chi connectivity index (χ4n) is 1.42. The van der Waals surface area contributed by atoms with Gasteiger partial charge in [-0.25, -0.2) is 9.97 Å². The van der Waals surface area contributed by atoms with Crippen LogP contribution in [0.1, 0.15) is 17.0 Å². The van der Waals surface area contributed by atoms with E-state index in [4.69, 9.17) is 22.1 Å². The predicted octanol–water partition coefficient (Wildman–Crippen LogP) is 2.93. The second-order valence-electron chi connectivity index (χ2n) is 3.77. The van der Waals surface area contributed by atoms with Crippen molar-refractivity contribution in [3.63, 3.8) is 0 Å². The number of aryl methyl sites for hydroxylation is 1. The molecule has 2 aromatic rings. The van der Waals surface area contributed by atoms with E-state index in [2.05, 4.69) is 15.3 Å². The van der Waals surface area contributed by atoms with Crippen molar-refractivity contribution in [2.24, 2.45) is 0 Å². The van der Waals surface area contributed by atoms with Gasteiger partial charge in [0.25, 0.3) is 0 Å². The molecular weight excluding hydrogens is 262 g/mol. The molecule has 2 rings (SSSR count). The molecule has 0 saturated carbocycles. The van der Waals surface area contributed by atoms with E-state index < -0.39 is 0 Å². The maximum Gasteiger partial charge on any atom is 0.179 e. The van der Waals surface area contributed by atoms with Gasteiger partial charge in [0.15, 0.2) is 22.4 Å². The summed E-state index contributed by atoms with van der Waals surface area (Å²) in [6.45, 7) is 1.98. The van der Waals surface area contributed by atoms with Crippen LogP contribution in [0, 0.1) is 29.6 Å². The van der Waals surface area contributed by atoms with Crippen LogP contribution in [-0.4, -0.2) is 9.97 Å². The van der Waals surface area contributed by atoms with E-state index in [1.165, 1.54) is 0 Å². The highest BCUT2D eigenvalue weighted by Crippen LogP contribution is 2.23. The molecule has 1 aromatic carbocycles. The van der Waals surface area contributed by atoms with E-state index in [9.17, 15) is 0 Å². The summed E-state index contributed by atoms with van der Waals surface area (Å²) >= 11 is 5.92. The van der Waals surface area contributed by atoms with Crippen molar-refractivity contribution < 1.29 is 0 Å². The maximum absolute atomic E-state index is 8.89. The van der Waals surface area contributed by atoms with Gasteiger partial charge < -0.3 is 5.32 Å². The molecule has 5 nitrogen and oxygen atoms in total. The summed E-state index contributed by atoms with van der Waals surface area (Å²) in [5.74, 6) is 0.251. The first-order chi connectivity index (χ1) is 9.13. The molecule has 0 fully saturated rings. The smallest absolute Gasteiger partial charge is 0.179 e. The highest BCUT2D eigenvalue weighted by atomic mass is 35.5. The lowest BCUT2D eigenvalue weighted by Crippen LogP contribution is -2.01. The van der Waals surface area contributed by atoms with Crippen molar-refractivity contribution in [2.75, 3.05) is 5.32 Å². The summed E-state index contributed by atoms with van der Waals surface area (Å²) < 4.78 is 0. The molecule has 0 spiro atoms. The minimum Gasteiger partial charge on any atom is -0.338 e. The second kappa shape index (κ2) is 5.34. The van der Waals surface area contributed by atoms with Gasteiger partial charge in [-0.1, -0.05) is 29.3 Å². The molecule has 0 unspecified atom stereocenters. The fraction of sp³-hybridized carbons (Fsp3) is 0.0769. The lowest BCUT2D eigenvalue weighted by molar-refractivity contribution is 1.13. The molecule has 92 valence electrons. The Kier molecular flexibility index (Phi) is 3.61. The Balaban J connectivity index is 2.39. The summed E-state index contributed by atoms with van der Waals surface area (Å²) in [6.07, 6.45) is 0. The lowest BCUT2D eigenvalue weighted by atomic mass is 10.2. The first-order valence-corrected chi connectivity index (χ1v) is 5.73. The van der Waals surface area contributed by atoms with E-state index in [0.717, 1.165) is 11.3 Å². The Labute approximate surface area is 115 Å². The van der Waals surface area contributed by atoms with E-state index in [-0.39, 0.29) is 22.4 Å². The predicted molar refractivity (Wildman–Crippen MR) is 70.9 cm³/mol. The molecule has 0 bridgehead atoms. The van der Waals surface area contributed by atoms with E-state index >= 15 is 0 Å². The number of rotatable bonds is 2. The number of aromatic nitrogens is 2. The molecule has 1 aromatic heterocycles. The standard InChI is InChI=1S/C13H8ClN5/c1-8-2-4-9(5-3-8)17-13-12(14)18-10(6-15)11(7-16)19-13/h2-5H,1H3,(H,17,19). The highest BCUT2D eigenvalue weighted by molar-refractivity contribution is 6.31. The van der Waals surface area contributed by atoms with Crippen LogP contribution < -0.4 is 5.32 Å². The number of hydrogen-bond acceptors (Lipinski definition) is 5. The molecule has 0 amide bonds. The van der Waals surface area contributed by atoms with Gasteiger partial charge in [0.1, 0.15) is 12.1 Å². The zero-order valence-electron chi connectivity index (χ0n) is 9.98. The van der Waals surface area contributed by atoms with Crippen molar-refractivity contribution in [1.82, 2.24) is 9.97 Å². The first kappa shape index (κ1) is 12.8. The third-order valence-electron chi connectivity index (χ3n) is 2.38. The minimum absolute atomic E-state index is 0.0520. The van der Waals surface area contributed by atoms with Gasteiger partial charge in [0, 0.05) is 5.69 Å². The summed E-state index contributed by atoms with van der Waals surface area (Å²) in [5.41, 5.74) is 1.76. The molecule has 0 aliphatic rings. The number of nitrogens with one attached hydrogen (secondary N) is 1. The van der Waals surface area contributed by atoms with Crippen LogP contribution >= 0.6 is 11.6 Å². The summed E-state index contributed by atoms with van der Waals surface area (Å²) in [7, 11) is 0. The van der Waals surface area contributed by atoms with Crippen molar-refractivity contribution in [3.8, 4) is 12.1 Å². The van der Waals surface area contributed by atoms with E-state index in [0.29, 0.717) is 0 Å². The Bertz CT molecular complexity index is 695. The molecule has 0 radical (unpaired) electrons. The van der Waals surface area contributed by atoms with Crippen molar-refractivity contribution in [3.05, 3.63) is 46.4 Å². The van der Waals surface area contributed by atoms with Crippen LogP contribution in [0.4, 0.5) is 11.5 Å². The molecule has 1 N–H and O–H groups in total. The first-order valence-electron chi connectivity index (χ1n) is 5.35. The topological polar surface area (TPSA) is 85.4 Å². The molecule has 0 atom stereocenters. The Morgan fingerprint density at radius 3 is 2.21 bits per heavy atom. The summed E-state index contributed by atoms with van der Waals surface area (Å²) in [6, 6.07) is 11.2. The minimum atomic E-state index is -0.0815. The molecule has 19 heavy (non-hydrogen) atoms. The average Bonchev–Trinajstić information content (AvgIpc) is 2.43. The molecule has 1 heterocycles. The van der Waals surface area contributed by atoms with Crippen molar-refractivity contribution in [2.45, 2.75) is 6.92 Å². The van der Waals surface area contributed by atoms with Crippen LogP contribution in [0.5, 0.6) is 0 Å². The van der Waals surface area contributed by atoms with Gasteiger partial charge in [0.2, 0.25) is 0 Å². The Morgan fingerprint density at radius 1 is 1.05 bits per heavy atom. The largest absolute Gasteiger partial charge is 0.338 e. The third-order valence-corrected chi connectivity index (χ3v) is 2.64. The van der Waals surface area contributed by atoms with Crippen LogP contribution in [0.15, 0.2) is 24.3 Å². The van der Waals surface area contributed by atoms with Crippen molar-refractivity contribution in [1.29, 1.82) is 10.5 Å². The van der Waals surface area contributed by atoms with Crippen molar-refractivity contribution >= 4 is 23.1 Å². The normalized spacial score (nSPS) is 9.47. The van der Waals surface area contributed by atoms with Crippen LogP contribution in [-0.2, 0) is 0 Å². The molecule has 6 heteroatoms. The zero-order valence-corrected chi connectivity index (χ0v) is 10.7. The Morgan fingerprint density at radius 2 is 1.63 bits per heavy atom. The monoisotopic (exact) mass is 269 g/mol. The number of benzene rings is 1. The quantitative estimate of drug-likeness (QED) is 0.906. The van der Waals surface area contributed by atoms with E-state index in [1.54, 1.807) is 6.07 Å². The molecule has 0 aliphatic carbocycles. The van der Waals surface area contributed by atoms with Gasteiger partial charge >= 0.3 is 0 Å². The third kappa shape index (κ3) is 2.79. The number of nitriles is 2. The van der Waals surface area contributed by atoms with Gasteiger partial charge in [-0.2, -0.15) is 10.5 Å². The highest BCUT2D eigenvalue weighted by Gasteiger charge is 2.12. The van der Waals surface area contributed by atoms with Gasteiger partial charge in [-0.15, -0.1) is 0 Å². The average molecular weight is 270 g/mol. The lowest BCUT2D eigenvalue weighted by Gasteiger charge is -2.07. The van der Waals surface area contributed by atoms with Gasteiger partial charge in [-0.05, 0) is 19.1 Å². The molecular formula is C13H8ClN5. The zero-order chi connectivity index (χ0) is 13.8. The van der Waals surface area contributed by atoms with Crippen LogP contribution in [0.2, 0.25) is 5.15 Å².